The third kappa shape index (κ3) is 2.03. The Bertz CT molecular complexity index is 136. The molecule has 0 aliphatic carbocycles. The van der Waals surface area contributed by atoms with E-state index in [1.165, 1.54) is 19.3 Å². The van der Waals surface area contributed by atoms with E-state index in [4.69, 9.17) is 0 Å². The number of hydrogen-bond acceptors (Lipinski definition) is 2. The number of carbonyl (C=O) groups is 1. The summed E-state index contributed by atoms with van der Waals surface area (Å²) in [4.78, 5) is 12.6. The molecule has 1 rings (SSSR count). The first-order chi connectivity index (χ1) is 5.25. The van der Waals surface area contributed by atoms with Crippen LogP contribution in [0.25, 0.3) is 0 Å². The zero-order valence-corrected chi connectivity index (χ0v) is 7.42. The highest BCUT2D eigenvalue weighted by molar-refractivity contribution is 5.50. The largest absolute Gasteiger partial charge is 0.303 e. The van der Waals surface area contributed by atoms with Crippen molar-refractivity contribution < 1.29 is 4.79 Å². The van der Waals surface area contributed by atoms with E-state index in [-0.39, 0.29) is 0 Å². The highest BCUT2D eigenvalue weighted by atomic mass is 16.1. The Morgan fingerprint density at radius 1 is 1.55 bits per heavy atom. The van der Waals surface area contributed by atoms with E-state index in [1.807, 2.05) is 0 Å². The maximum absolute atomic E-state index is 10.3. The highest BCUT2D eigenvalue weighted by Crippen LogP contribution is 2.21. The summed E-state index contributed by atoms with van der Waals surface area (Å²) < 4.78 is 0. The normalized spacial score (nSPS) is 33.6. The smallest absolute Gasteiger partial charge is 0.121 e. The SMILES string of the molecule is CC1CCCC(CC=O)N1C. The zero-order chi connectivity index (χ0) is 8.27. The Morgan fingerprint density at radius 3 is 2.91 bits per heavy atom. The number of carbonyl (C=O) groups excluding carboxylic acids is 1. The van der Waals surface area contributed by atoms with Gasteiger partial charge in [0.25, 0.3) is 0 Å². The van der Waals surface area contributed by atoms with Gasteiger partial charge in [-0.2, -0.15) is 0 Å². The fourth-order valence-corrected chi connectivity index (χ4v) is 1.81. The second-order valence-corrected chi connectivity index (χ2v) is 3.50. The van der Waals surface area contributed by atoms with Gasteiger partial charge >= 0.3 is 0 Å². The van der Waals surface area contributed by atoms with Gasteiger partial charge in [0.2, 0.25) is 0 Å². The molecule has 2 unspecified atom stereocenters. The average molecular weight is 155 g/mol. The molecule has 2 heteroatoms. The van der Waals surface area contributed by atoms with E-state index in [1.54, 1.807) is 0 Å². The number of likely N-dealkylation sites (tertiary alicyclic amines) is 1. The third-order valence-electron chi connectivity index (χ3n) is 2.80. The number of rotatable bonds is 2. The molecule has 0 bridgehead atoms. The summed E-state index contributed by atoms with van der Waals surface area (Å²) in [5, 5.41) is 0. The minimum Gasteiger partial charge on any atom is -0.303 e. The molecule has 0 aromatic carbocycles. The summed E-state index contributed by atoms with van der Waals surface area (Å²) in [5.74, 6) is 0. The molecule has 0 spiro atoms. The summed E-state index contributed by atoms with van der Waals surface area (Å²) in [6.07, 6.45) is 5.51. The first-order valence-corrected chi connectivity index (χ1v) is 4.41. The van der Waals surface area contributed by atoms with Gasteiger partial charge in [-0.05, 0) is 26.8 Å². The highest BCUT2D eigenvalue weighted by Gasteiger charge is 2.23. The van der Waals surface area contributed by atoms with E-state index in [2.05, 4.69) is 18.9 Å². The molecular weight excluding hydrogens is 138 g/mol. The molecule has 1 fully saturated rings. The van der Waals surface area contributed by atoms with E-state index < -0.39 is 0 Å². The van der Waals surface area contributed by atoms with Gasteiger partial charge < -0.3 is 9.69 Å². The molecule has 0 radical (unpaired) electrons. The Labute approximate surface area is 68.6 Å². The second kappa shape index (κ2) is 3.86. The van der Waals surface area contributed by atoms with Crippen molar-refractivity contribution in [3.8, 4) is 0 Å². The Balaban J connectivity index is 2.43. The average Bonchev–Trinajstić information content (AvgIpc) is 1.99. The first kappa shape index (κ1) is 8.72. The zero-order valence-electron chi connectivity index (χ0n) is 7.42. The summed E-state index contributed by atoms with van der Waals surface area (Å²) >= 11 is 0. The quantitative estimate of drug-likeness (QED) is 0.562. The van der Waals surface area contributed by atoms with Gasteiger partial charge in [-0.3, -0.25) is 0 Å². The molecule has 2 nitrogen and oxygen atoms in total. The molecule has 1 heterocycles. The van der Waals surface area contributed by atoms with Crippen LogP contribution in [0.2, 0.25) is 0 Å². The van der Waals surface area contributed by atoms with Crippen LogP contribution in [0, 0.1) is 0 Å². The summed E-state index contributed by atoms with van der Waals surface area (Å²) in [7, 11) is 2.12. The summed E-state index contributed by atoms with van der Waals surface area (Å²) in [6, 6.07) is 1.17. The van der Waals surface area contributed by atoms with Crippen molar-refractivity contribution in [1.29, 1.82) is 0 Å². The van der Waals surface area contributed by atoms with Crippen molar-refractivity contribution in [1.82, 2.24) is 4.90 Å². The molecule has 0 aromatic heterocycles. The van der Waals surface area contributed by atoms with Crippen LogP contribution in [-0.2, 0) is 4.79 Å². The number of aldehydes is 1. The molecule has 0 N–H and O–H groups in total. The number of piperidine rings is 1. The summed E-state index contributed by atoms with van der Waals surface area (Å²) in [5.41, 5.74) is 0. The molecule has 1 aliphatic heterocycles. The predicted octanol–water partition coefficient (Wildman–Crippen LogP) is 1.45. The number of hydrogen-bond donors (Lipinski definition) is 0. The Kier molecular flexibility index (Phi) is 3.06. The minimum absolute atomic E-state index is 0.510. The van der Waals surface area contributed by atoms with Crippen molar-refractivity contribution in [2.75, 3.05) is 7.05 Å². The lowest BCUT2D eigenvalue weighted by Crippen LogP contribution is -2.42. The van der Waals surface area contributed by atoms with Crippen LogP contribution in [0.4, 0.5) is 0 Å². The topological polar surface area (TPSA) is 20.3 Å². The van der Waals surface area contributed by atoms with Gasteiger partial charge in [0, 0.05) is 18.5 Å². The lowest BCUT2D eigenvalue weighted by atomic mass is 9.96. The van der Waals surface area contributed by atoms with Crippen molar-refractivity contribution in [3.63, 3.8) is 0 Å². The van der Waals surface area contributed by atoms with Crippen LogP contribution in [0.5, 0.6) is 0 Å². The van der Waals surface area contributed by atoms with Crippen LogP contribution >= 0.6 is 0 Å². The van der Waals surface area contributed by atoms with Gasteiger partial charge in [0.15, 0.2) is 0 Å². The molecule has 0 aromatic rings. The van der Waals surface area contributed by atoms with E-state index in [0.29, 0.717) is 18.5 Å². The Morgan fingerprint density at radius 2 is 2.27 bits per heavy atom. The van der Waals surface area contributed by atoms with Crippen molar-refractivity contribution in [2.24, 2.45) is 0 Å². The minimum atomic E-state index is 0.510. The van der Waals surface area contributed by atoms with E-state index >= 15 is 0 Å². The van der Waals surface area contributed by atoms with Gasteiger partial charge in [0.1, 0.15) is 6.29 Å². The fourth-order valence-electron chi connectivity index (χ4n) is 1.81. The molecule has 0 saturated carbocycles. The van der Waals surface area contributed by atoms with Crippen LogP contribution in [-0.4, -0.2) is 30.3 Å². The maximum atomic E-state index is 10.3. The molecule has 11 heavy (non-hydrogen) atoms. The summed E-state index contributed by atoms with van der Waals surface area (Å²) in [6.45, 7) is 2.23. The van der Waals surface area contributed by atoms with Crippen molar-refractivity contribution >= 4 is 6.29 Å². The second-order valence-electron chi connectivity index (χ2n) is 3.50. The van der Waals surface area contributed by atoms with Gasteiger partial charge in [0.05, 0.1) is 0 Å². The van der Waals surface area contributed by atoms with Gasteiger partial charge in [-0.1, -0.05) is 6.42 Å². The number of nitrogens with zero attached hydrogens (tertiary/aromatic N) is 1. The van der Waals surface area contributed by atoms with Crippen molar-refractivity contribution in [3.05, 3.63) is 0 Å². The third-order valence-corrected chi connectivity index (χ3v) is 2.80. The standard InChI is InChI=1S/C9H17NO/c1-8-4-3-5-9(6-7-11)10(8)2/h7-9H,3-6H2,1-2H3. The Hall–Kier alpha value is -0.370. The lowest BCUT2D eigenvalue weighted by Gasteiger charge is -2.36. The molecule has 1 aliphatic rings. The van der Waals surface area contributed by atoms with Crippen molar-refractivity contribution in [2.45, 2.75) is 44.7 Å². The van der Waals surface area contributed by atoms with Crippen LogP contribution in [0.1, 0.15) is 32.6 Å². The predicted molar refractivity (Wildman–Crippen MR) is 45.5 cm³/mol. The monoisotopic (exact) mass is 155 g/mol. The molecule has 1 saturated heterocycles. The van der Waals surface area contributed by atoms with Gasteiger partial charge in [-0.25, -0.2) is 0 Å². The molecule has 2 atom stereocenters. The van der Waals surface area contributed by atoms with Crippen LogP contribution < -0.4 is 0 Å². The molecular formula is C9H17NO. The lowest BCUT2D eigenvalue weighted by molar-refractivity contribution is -0.109. The van der Waals surface area contributed by atoms with Crippen LogP contribution in [0.15, 0.2) is 0 Å². The fraction of sp³-hybridized carbons (Fsp3) is 0.889. The molecule has 0 amide bonds. The van der Waals surface area contributed by atoms with E-state index in [0.717, 1.165) is 6.29 Å². The van der Waals surface area contributed by atoms with E-state index in [9.17, 15) is 4.79 Å². The molecule has 64 valence electrons. The maximum Gasteiger partial charge on any atom is 0.121 e. The first-order valence-electron chi connectivity index (χ1n) is 4.41. The van der Waals surface area contributed by atoms with Gasteiger partial charge in [-0.15, -0.1) is 0 Å². The van der Waals surface area contributed by atoms with Crippen LogP contribution in [0.3, 0.4) is 0 Å².